The lowest BCUT2D eigenvalue weighted by atomic mass is 10.1. The van der Waals surface area contributed by atoms with Gasteiger partial charge in [0.1, 0.15) is 0 Å². The van der Waals surface area contributed by atoms with Gasteiger partial charge in [-0.25, -0.2) is 0 Å². The van der Waals surface area contributed by atoms with Crippen molar-refractivity contribution < 1.29 is 9.22 Å². The third-order valence-electron chi connectivity index (χ3n) is 5.59. The van der Waals surface area contributed by atoms with E-state index in [1.165, 1.54) is 0 Å². The van der Waals surface area contributed by atoms with E-state index in [1.54, 1.807) is 0 Å². The first-order chi connectivity index (χ1) is 10.7. The van der Waals surface area contributed by atoms with Crippen LogP contribution in [0.15, 0.2) is 24.3 Å². The number of nitrogens with one attached hydrogen (secondary N) is 1. The van der Waals surface area contributed by atoms with Crippen LogP contribution in [0.2, 0.25) is 18.1 Å². The number of fused-ring (bicyclic) bond motifs is 2. The SMILES string of the molecule is CC(C)(C)[Si](C)(C)O[C@@H]1C[C@@H]2CNc3ccccc3C(=O)N2C1. The zero-order valence-electron chi connectivity index (χ0n) is 14.8. The fraction of sp³-hybridized carbons (Fsp3) is 0.611. The number of carbonyl (C=O) groups excluding carboxylic acids is 1. The van der Waals surface area contributed by atoms with Crippen LogP contribution in [-0.2, 0) is 4.43 Å². The molecule has 1 aromatic rings. The van der Waals surface area contributed by atoms with Gasteiger partial charge in [-0.1, -0.05) is 32.9 Å². The summed E-state index contributed by atoms with van der Waals surface area (Å²) in [5, 5.41) is 3.63. The van der Waals surface area contributed by atoms with E-state index < -0.39 is 8.32 Å². The molecule has 5 heteroatoms. The lowest BCUT2D eigenvalue weighted by molar-refractivity contribution is 0.0731. The summed E-state index contributed by atoms with van der Waals surface area (Å²) in [6.07, 6.45) is 1.09. The number of nitrogens with zero attached hydrogens (tertiary/aromatic N) is 1. The largest absolute Gasteiger partial charge is 0.412 e. The van der Waals surface area contributed by atoms with E-state index in [-0.39, 0.29) is 23.1 Å². The van der Waals surface area contributed by atoms with Crippen molar-refractivity contribution in [1.82, 2.24) is 4.90 Å². The van der Waals surface area contributed by atoms with Crippen molar-refractivity contribution >= 4 is 19.9 Å². The highest BCUT2D eigenvalue weighted by Gasteiger charge is 2.44. The van der Waals surface area contributed by atoms with Crippen LogP contribution in [0.25, 0.3) is 0 Å². The van der Waals surface area contributed by atoms with Crippen LogP contribution < -0.4 is 5.32 Å². The van der Waals surface area contributed by atoms with Gasteiger partial charge in [0.2, 0.25) is 0 Å². The van der Waals surface area contributed by atoms with Gasteiger partial charge in [0.15, 0.2) is 8.32 Å². The molecule has 126 valence electrons. The standard InChI is InChI=1S/C18H28N2O2Si/c1-18(2,3)23(4,5)22-14-10-13-11-19-16-9-7-6-8-15(16)17(21)20(13)12-14/h6-9,13-14,19H,10-12H2,1-5H3/t13-,14-/m1/s1. The molecule has 23 heavy (non-hydrogen) atoms. The molecule has 2 heterocycles. The number of para-hydroxylation sites is 1. The molecule has 2 atom stereocenters. The van der Waals surface area contributed by atoms with E-state index in [2.05, 4.69) is 39.2 Å². The smallest absolute Gasteiger partial charge is 0.256 e. The summed E-state index contributed by atoms with van der Waals surface area (Å²) in [5.74, 6) is 0.136. The minimum absolute atomic E-state index is 0.136. The summed E-state index contributed by atoms with van der Waals surface area (Å²) >= 11 is 0. The number of benzene rings is 1. The highest BCUT2D eigenvalue weighted by atomic mass is 28.4. The number of carbonyl (C=O) groups is 1. The number of hydrogen-bond acceptors (Lipinski definition) is 3. The Bertz CT molecular complexity index is 609. The molecule has 0 aliphatic carbocycles. The Morgan fingerprint density at radius 1 is 1.26 bits per heavy atom. The van der Waals surface area contributed by atoms with Gasteiger partial charge in [-0.3, -0.25) is 4.79 Å². The molecule has 1 N–H and O–H groups in total. The number of amides is 1. The molecule has 0 spiro atoms. The summed E-state index contributed by atoms with van der Waals surface area (Å²) in [6.45, 7) is 12.9. The van der Waals surface area contributed by atoms with Gasteiger partial charge in [-0.15, -0.1) is 0 Å². The number of anilines is 1. The van der Waals surface area contributed by atoms with Crippen molar-refractivity contribution in [2.24, 2.45) is 0 Å². The quantitative estimate of drug-likeness (QED) is 0.839. The Hall–Kier alpha value is -1.33. The van der Waals surface area contributed by atoms with Crippen molar-refractivity contribution in [2.45, 2.75) is 57.5 Å². The van der Waals surface area contributed by atoms with E-state index in [0.29, 0.717) is 6.54 Å². The van der Waals surface area contributed by atoms with E-state index >= 15 is 0 Å². The minimum atomic E-state index is -1.80. The summed E-state index contributed by atoms with van der Waals surface area (Å²) < 4.78 is 6.55. The second kappa shape index (κ2) is 5.63. The van der Waals surface area contributed by atoms with Gasteiger partial charge in [0, 0.05) is 18.8 Å². The minimum Gasteiger partial charge on any atom is -0.412 e. The molecule has 1 aromatic carbocycles. The first-order valence-electron chi connectivity index (χ1n) is 8.51. The lowest BCUT2D eigenvalue weighted by Crippen LogP contribution is -2.44. The van der Waals surface area contributed by atoms with Crippen LogP contribution in [0, 0.1) is 0 Å². The average molecular weight is 333 g/mol. The first kappa shape index (κ1) is 16.5. The molecule has 1 fully saturated rings. The Balaban J connectivity index is 1.76. The third-order valence-corrected chi connectivity index (χ3v) is 10.1. The van der Waals surface area contributed by atoms with E-state index in [1.807, 2.05) is 29.2 Å². The van der Waals surface area contributed by atoms with Crippen molar-refractivity contribution in [2.75, 3.05) is 18.4 Å². The molecule has 0 radical (unpaired) electrons. The maximum absolute atomic E-state index is 12.9. The van der Waals surface area contributed by atoms with Gasteiger partial charge in [-0.2, -0.15) is 0 Å². The molecule has 0 bridgehead atoms. The maximum Gasteiger partial charge on any atom is 0.256 e. The summed E-state index contributed by atoms with van der Waals surface area (Å²) in [7, 11) is -1.80. The van der Waals surface area contributed by atoms with Crippen molar-refractivity contribution in [1.29, 1.82) is 0 Å². The molecule has 4 nitrogen and oxygen atoms in total. The predicted molar refractivity (Wildman–Crippen MR) is 96.4 cm³/mol. The van der Waals surface area contributed by atoms with Crippen molar-refractivity contribution in [3.8, 4) is 0 Å². The van der Waals surface area contributed by atoms with E-state index in [0.717, 1.165) is 24.2 Å². The molecule has 2 aliphatic rings. The van der Waals surface area contributed by atoms with Crippen LogP contribution in [0.5, 0.6) is 0 Å². The molecule has 0 unspecified atom stereocenters. The van der Waals surface area contributed by atoms with Gasteiger partial charge < -0.3 is 14.6 Å². The highest BCUT2D eigenvalue weighted by molar-refractivity contribution is 6.74. The second-order valence-corrected chi connectivity index (χ2v) is 13.0. The number of hydrogen-bond donors (Lipinski definition) is 1. The Kier molecular flexibility index (Phi) is 4.05. The van der Waals surface area contributed by atoms with Crippen LogP contribution in [0.4, 0.5) is 5.69 Å². The Morgan fingerprint density at radius 2 is 1.96 bits per heavy atom. The molecular formula is C18H28N2O2Si. The van der Waals surface area contributed by atoms with Crippen LogP contribution in [0.3, 0.4) is 0 Å². The summed E-state index contributed by atoms with van der Waals surface area (Å²) in [5.41, 5.74) is 1.73. The number of rotatable bonds is 2. The predicted octanol–water partition coefficient (Wildman–Crippen LogP) is 3.72. The fourth-order valence-electron chi connectivity index (χ4n) is 3.20. The van der Waals surface area contributed by atoms with Gasteiger partial charge in [0.25, 0.3) is 5.91 Å². The molecule has 1 saturated heterocycles. The van der Waals surface area contributed by atoms with Gasteiger partial charge in [0.05, 0.1) is 17.7 Å². The van der Waals surface area contributed by atoms with E-state index in [9.17, 15) is 4.79 Å². The van der Waals surface area contributed by atoms with Crippen molar-refractivity contribution in [3.05, 3.63) is 29.8 Å². The van der Waals surface area contributed by atoms with Crippen LogP contribution in [0.1, 0.15) is 37.6 Å². The molecule has 2 aliphatic heterocycles. The monoisotopic (exact) mass is 332 g/mol. The van der Waals surface area contributed by atoms with E-state index in [4.69, 9.17) is 4.43 Å². The topological polar surface area (TPSA) is 41.6 Å². The van der Waals surface area contributed by atoms with Crippen LogP contribution in [-0.4, -0.2) is 44.4 Å². The first-order valence-corrected chi connectivity index (χ1v) is 11.4. The zero-order valence-corrected chi connectivity index (χ0v) is 15.8. The average Bonchev–Trinajstić information content (AvgIpc) is 2.80. The van der Waals surface area contributed by atoms with Gasteiger partial charge in [-0.05, 0) is 36.7 Å². The highest BCUT2D eigenvalue weighted by Crippen LogP contribution is 2.39. The maximum atomic E-state index is 12.9. The lowest BCUT2D eigenvalue weighted by Gasteiger charge is -2.38. The summed E-state index contributed by atoms with van der Waals surface area (Å²) in [6, 6.07) is 8.02. The molecular weight excluding hydrogens is 304 g/mol. The molecule has 0 aromatic heterocycles. The zero-order chi connectivity index (χ0) is 16.8. The molecule has 3 rings (SSSR count). The second-order valence-electron chi connectivity index (χ2n) is 8.27. The Labute approximate surface area is 140 Å². The Morgan fingerprint density at radius 3 is 2.65 bits per heavy atom. The molecule has 0 saturated carbocycles. The fourth-order valence-corrected chi connectivity index (χ4v) is 4.56. The third kappa shape index (κ3) is 3.04. The molecule has 1 amide bonds. The normalized spacial score (nSPS) is 24.7. The summed E-state index contributed by atoms with van der Waals surface area (Å²) in [4.78, 5) is 14.9. The van der Waals surface area contributed by atoms with Crippen LogP contribution >= 0.6 is 0 Å². The van der Waals surface area contributed by atoms with Gasteiger partial charge >= 0.3 is 0 Å². The van der Waals surface area contributed by atoms with Crippen molar-refractivity contribution in [3.63, 3.8) is 0 Å².